The van der Waals surface area contributed by atoms with Gasteiger partial charge in [-0.05, 0) is 29.3 Å². The normalized spacial score (nSPS) is 13.1. The van der Waals surface area contributed by atoms with E-state index in [-0.39, 0.29) is 6.61 Å². The van der Waals surface area contributed by atoms with Gasteiger partial charge < -0.3 is 25.2 Å². The molecule has 2 aromatic carbocycles. The maximum atomic E-state index is 9.68. The average Bonchev–Trinajstić information content (AvgIpc) is 2.96. The number of rotatable bonds is 4. The van der Waals surface area contributed by atoms with Crippen LogP contribution in [0.25, 0.3) is 0 Å². The molecule has 1 aliphatic heterocycles. The molecule has 3 N–H and O–H groups in total. The first-order valence-electron chi connectivity index (χ1n) is 7.14. The van der Waals surface area contributed by atoms with Crippen LogP contribution in [0.3, 0.4) is 0 Å². The van der Waals surface area contributed by atoms with Gasteiger partial charge in [0.05, 0.1) is 20.8 Å². The highest BCUT2D eigenvalue weighted by atomic mass is 16.5. The lowest BCUT2D eigenvalue weighted by Gasteiger charge is -2.22. The van der Waals surface area contributed by atoms with Gasteiger partial charge in [0.1, 0.15) is 0 Å². The van der Waals surface area contributed by atoms with Gasteiger partial charge in [-0.3, -0.25) is 0 Å². The second-order valence-electron chi connectivity index (χ2n) is 5.38. The summed E-state index contributed by atoms with van der Waals surface area (Å²) in [7, 11) is 3.20. The van der Waals surface area contributed by atoms with E-state index in [0.717, 1.165) is 30.0 Å². The van der Waals surface area contributed by atoms with Crippen LogP contribution in [0.5, 0.6) is 11.5 Å². The summed E-state index contributed by atoms with van der Waals surface area (Å²) in [5.74, 6) is 1.28. The highest BCUT2D eigenvalue weighted by Gasteiger charge is 2.23. The summed E-state index contributed by atoms with van der Waals surface area (Å²) in [6.07, 6.45) is 0. The minimum absolute atomic E-state index is 0.0509. The van der Waals surface area contributed by atoms with Crippen LogP contribution in [0.4, 0.5) is 11.4 Å². The lowest BCUT2D eigenvalue weighted by molar-refractivity contribution is 0.280. The van der Waals surface area contributed by atoms with E-state index in [0.29, 0.717) is 11.5 Å². The Bertz CT molecular complexity index is 701. The zero-order valence-electron chi connectivity index (χ0n) is 12.8. The minimum atomic E-state index is -0.0509. The molecule has 116 valence electrons. The molecule has 1 aliphatic rings. The molecular weight excluding hydrogens is 280 g/mol. The van der Waals surface area contributed by atoms with Crippen molar-refractivity contribution in [3.8, 4) is 11.5 Å². The van der Waals surface area contributed by atoms with Crippen LogP contribution >= 0.6 is 0 Å². The first kappa shape index (κ1) is 14.5. The fourth-order valence-electron chi connectivity index (χ4n) is 2.92. The van der Waals surface area contributed by atoms with Gasteiger partial charge in [-0.2, -0.15) is 0 Å². The Labute approximate surface area is 129 Å². The summed E-state index contributed by atoms with van der Waals surface area (Å²) in [4.78, 5) is 2.21. The molecule has 0 bridgehead atoms. The number of nitrogens with two attached hydrogens (primary N) is 1. The van der Waals surface area contributed by atoms with Crippen molar-refractivity contribution in [1.29, 1.82) is 0 Å². The maximum Gasteiger partial charge on any atom is 0.162 e. The molecule has 0 aromatic heterocycles. The van der Waals surface area contributed by atoms with E-state index in [1.54, 1.807) is 14.2 Å². The highest BCUT2D eigenvalue weighted by Crippen LogP contribution is 2.38. The lowest BCUT2D eigenvalue weighted by Crippen LogP contribution is -2.16. The third-order valence-electron chi connectivity index (χ3n) is 4.05. The van der Waals surface area contributed by atoms with Gasteiger partial charge in [0, 0.05) is 36.1 Å². The number of methoxy groups -OCH3 is 2. The van der Waals surface area contributed by atoms with Crippen molar-refractivity contribution in [3.63, 3.8) is 0 Å². The number of aliphatic hydroxyl groups is 1. The van der Waals surface area contributed by atoms with Gasteiger partial charge >= 0.3 is 0 Å². The smallest absolute Gasteiger partial charge is 0.162 e. The average molecular weight is 300 g/mol. The van der Waals surface area contributed by atoms with E-state index in [2.05, 4.69) is 11.0 Å². The number of hydrogen-bond donors (Lipinski definition) is 2. The molecule has 3 rings (SSSR count). The van der Waals surface area contributed by atoms with Gasteiger partial charge in [0.2, 0.25) is 0 Å². The monoisotopic (exact) mass is 300 g/mol. The number of benzene rings is 2. The molecule has 0 atom stereocenters. The van der Waals surface area contributed by atoms with Crippen LogP contribution in [-0.4, -0.2) is 19.3 Å². The van der Waals surface area contributed by atoms with Crippen molar-refractivity contribution in [2.24, 2.45) is 0 Å². The minimum Gasteiger partial charge on any atom is -0.493 e. The third kappa shape index (κ3) is 2.44. The number of hydrogen-bond acceptors (Lipinski definition) is 5. The molecule has 5 heteroatoms. The van der Waals surface area contributed by atoms with Crippen molar-refractivity contribution < 1.29 is 14.6 Å². The second kappa shape index (κ2) is 5.77. The van der Waals surface area contributed by atoms with Crippen molar-refractivity contribution in [1.82, 2.24) is 0 Å². The number of anilines is 2. The van der Waals surface area contributed by atoms with E-state index in [1.165, 1.54) is 11.1 Å². The molecule has 5 nitrogen and oxygen atoms in total. The summed E-state index contributed by atoms with van der Waals surface area (Å²) < 4.78 is 10.7. The molecule has 0 amide bonds. The molecule has 0 aliphatic carbocycles. The van der Waals surface area contributed by atoms with Crippen LogP contribution in [0.1, 0.15) is 16.7 Å². The van der Waals surface area contributed by atoms with Gasteiger partial charge in [-0.25, -0.2) is 0 Å². The Kier molecular flexibility index (Phi) is 3.81. The molecule has 2 aromatic rings. The van der Waals surface area contributed by atoms with E-state index < -0.39 is 0 Å². The highest BCUT2D eigenvalue weighted by molar-refractivity contribution is 5.64. The van der Waals surface area contributed by atoms with Crippen LogP contribution in [0.2, 0.25) is 0 Å². The van der Waals surface area contributed by atoms with E-state index >= 15 is 0 Å². The molecule has 22 heavy (non-hydrogen) atoms. The van der Waals surface area contributed by atoms with Gasteiger partial charge in [0.15, 0.2) is 11.5 Å². The first-order valence-corrected chi connectivity index (χ1v) is 7.14. The largest absolute Gasteiger partial charge is 0.493 e. The summed E-state index contributed by atoms with van der Waals surface area (Å²) in [6, 6.07) is 9.73. The molecule has 0 saturated carbocycles. The van der Waals surface area contributed by atoms with Crippen molar-refractivity contribution >= 4 is 11.4 Å². The maximum absolute atomic E-state index is 9.68. The Hall–Kier alpha value is -2.40. The van der Waals surface area contributed by atoms with E-state index in [1.807, 2.05) is 24.3 Å². The number of aliphatic hydroxyl groups excluding tert-OH is 1. The van der Waals surface area contributed by atoms with Crippen molar-refractivity contribution in [2.45, 2.75) is 19.7 Å². The fraction of sp³-hybridized carbons (Fsp3) is 0.294. The second-order valence-corrected chi connectivity index (χ2v) is 5.38. The van der Waals surface area contributed by atoms with Crippen LogP contribution in [0.15, 0.2) is 30.3 Å². The van der Waals surface area contributed by atoms with Gasteiger partial charge in [-0.1, -0.05) is 6.07 Å². The van der Waals surface area contributed by atoms with Crippen LogP contribution in [0, 0.1) is 0 Å². The van der Waals surface area contributed by atoms with E-state index in [4.69, 9.17) is 15.2 Å². The Balaban J connectivity index is 1.99. The fourth-order valence-corrected chi connectivity index (χ4v) is 2.92. The third-order valence-corrected chi connectivity index (χ3v) is 4.05. The Morgan fingerprint density at radius 2 is 1.73 bits per heavy atom. The predicted molar refractivity (Wildman–Crippen MR) is 86.2 cm³/mol. The topological polar surface area (TPSA) is 68.0 Å². The van der Waals surface area contributed by atoms with E-state index in [9.17, 15) is 5.11 Å². The zero-order chi connectivity index (χ0) is 15.7. The number of nitrogens with zero attached hydrogens (tertiary/aromatic N) is 1. The molecule has 0 spiro atoms. The number of fused-ring (bicyclic) bond motifs is 1. The summed E-state index contributed by atoms with van der Waals surface area (Å²) >= 11 is 0. The molecule has 0 radical (unpaired) electrons. The SMILES string of the molecule is COc1cc(CO)c(N2Cc3ccc(N)cc3C2)cc1OC. The summed E-state index contributed by atoms with van der Waals surface area (Å²) in [5.41, 5.74) is 10.9. The number of nitrogen functional groups attached to an aromatic ring is 1. The Morgan fingerprint density at radius 3 is 2.41 bits per heavy atom. The van der Waals surface area contributed by atoms with Gasteiger partial charge in [-0.15, -0.1) is 0 Å². The molecule has 0 saturated heterocycles. The lowest BCUT2D eigenvalue weighted by atomic mass is 10.1. The number of ether oxygens (including phenoxy) is 2. The standard InChI is InChI=1S/C17H20N2O3/c1-21-16-6-13(10-20)15(7-17(16)22-2)19-8-11-3-4-14(18)5-12(11)9-19/h3-7,20H,8-10,18H2,1-2H3. The molecular formula is C17H20N2O3. The van der Waals surface area contributed by atoms with Crippen molar-refractivity contribution in [2.75, 3.05) is 24.9 Å². The summed E-state index contributed by atoms with van der Waals surface area (Å²) in [5, 5.41) is 9.68. The molecule has 0 unspecified atom stereocenters. The molecule has 1 heterocycles. The quantitative estimate of drug-likeness (QED) is 0.848. The van der Waals surface area contributed by atoms with Gasteiger partial charge in [0.25, 0.3) is 0 Å². The Morgan fingerprint density at radius 1 is 1.05 bits per heavy atom. The summed E-state index contributed by atoms with van der Waals surface area (Å²) in [6.45, 7) is 1.51. The van der Waals surface area contributed by atoms with Crippen LogP contribution in [-0.2, 0) is 19.7 Å². The first-order chi connectivity index (χ1) is 10.7. The zero-order valence-corrected chi connectivity index (χ0v) is 12.8. The van der Waals surface area contributed by atoms with Crippen LogP contribution < -0.4 is 20.1 Å². The molecule has 0 fully saturated rings. The predicted octanol–water partition coefficient (Wildman–Crippen LogP) is 2.30. The van der Waals surface area contributed by atoms with Crippen molar-refractivity contribution in [3.05, 3.63) is 47.0 Å².